The van der Waals surface area contributed by atoms with Crippen LogP contribution in [-0.2, 0) is 9.47 Å². The lowest BCUT2D eigenvalue weighted by atomic mass is 9.88. The molecule has 5 nitrogen and oxygen atoms in total. The van der Waals surface area contributed by atoms with Gasteiger partial charge in [-0.3, -0.25) is 0 Å². The molecule has 0 aromatic rings. The van der Waals surface area contributed by atoms with E-state index in [1.165, 1.54) is 7.11 Å². The number of ether oxygens (including phenoxy) is 2. The first-order chi connectivity index (χ1) is 6.61. The Balaban J connectivity index is 2.63. The summed E-state index contributed by atoms with van der Waals surface area (Å²) in [5.74, 6) is -0.275. The van der Waals surface area contributed by atoms with Gasteiger partial charge in [0.15, 0.2) is 0 Å². The van der Waals surface area contributed by atoms with Gasteiger partial charge in [0, 0.05) is 13.0 Å². The SMILES string of the molecule is COCC1OC(CO)C(C)C(O)C1O. The summed E-state index contributed by atoms with van der Waals surface area (Å²) in [6.45, 7) is 1.78. The third-order valence-corrected chi connectivity index (χ3v) is 2.72. The molecule has 1 rings (SSSR count). The second-order valence-corrected chi connectivity index (χ2v) is 3.69. The monoisotopic (exact) mass is 206 g/mol. The number of rotatable bonds is 3. The molecule has 0 saturated carbocycles. The summed E-state index contributed by atoms with van der Waals surface area (Å²) in [6, 6.07) is 0. The zero-order chi connectivity index (χ0) is 10.7. The van der Waals surface area contributed by atoms with Gasteiger partial charge in [0.2, 0.25) is 0 Å². The molecule has 1 heterocycles. The van der Waals surface area contributed by atoms with Crippen LogP contribution in [0.3, 0.4) is 0 Å². The molecule has 0 aliphatic carbocycles. The Bertz CT molecular complexity index is 171. The van der Waals surface area contributed by atoms with Crippen LogP contribution in [0.2, 0.25) is 0 Å². The van der Waals surface area contributed by atoms with Crippen molar-refractivity contribution in [1.82, 2.24) is 0 Å². The average Bonchev–Trinajstić information content (AvgIpc) is 2.19. The Kier molecular flexibility index (Phi) is 4.28. The Morgan fingerprint density at radius 3 is 2.36 bits per heavy atom. The summed E-state index contributed by atoms with van der Waals surface area (Å²) in [7, 11) is 1.49. The van der Waals surface area contributed by atoms with E-state index in [4.69, 9.17) is 14.6 Å². The summed E-state index contributed by atoms with van der Waals surface area (Å²) in [5, 5.41) is 28.3. The molecule has 5 atom stereocenters. The highest BCUT2D eigenvalue weighted by molar-refractivity contribution is 4.89. The summed E-state index contributed by atoms with van der Waals surface area (Å²) in [6.07, 6.45) is -2.83. The van der Waals surface area contributed by atoms with E-state index < -0.39 is 24.4 Å². The molecule has 5 heteroatoms. The number of hydrogen-bond donors (Lipinski definition) is 3. The van der Waals surface area contributed by atoms with Crippen molar-refractivity contribution in [3.63, 3.8) is 0 Å². The van der Waals surface area contributed by atoms with Crippen LogP contribution in [0.4, 0.5) is 0 Å². The molecule has 0 amide bonds. The molecule has 0 aromatic heterocycles. The van der Waals surface area contributed by atoms with Crippen LogP contribution >= 0.6 is 0 Å². The summed E-state index contributed by atoms with van der Waals surface area (Å²) < 4.78 is 10.2. The second kappa shape index (κ2) is 5.04. The molecule has 3 N–H and O–H groups in total. The molecule has 1 aliphatic heterocycles. The van der Waals surface area contributed by atoms with Crippen molar-refractivity contribution in [3.05, 3.63) is 0 Å². The van der Waals surface area contributed by atoms with Gasteiger partial charge in [0.1, 0.15) is 12.2 Å². The minimum absolute atomic E-state index is 0.162. The van der Waals surface area contributed by atoms with Crippen LogP contribution in [0.1, 0.15) is 6.92 Å². The maximum atomic E-state index is 9.65. The van der Waals surface area contributed by atoms with Crippen molar-refractivity contribution in [2.75, 3.05) is 20.3 Å². The molecule has 0 radical (unpaired) electrons. The van der Waals surface area contributed by atoms with Crippen molar-refractivity contribution >= 4 is 0 Å². The Morgan fingerprint density at radius 1 is 1.21 bits per heavy atom. The van der Waals surface area contributed by atoms with Gasteiger partial charge in [0.05, 0.1) is 25.4 Å². The standard InChI is InChI=1S/C9H18O5/c1-5-6(3-10)14-7(4-13-2)9(12)8(5)11/h5-12H,3-4H2,1-2H3. The fraction of sp³-hybridized carbons (Fsp3) is 1.00. The van der Waals surface area contributed by atoms with E-state index in [0.29, 0.717) is 0 Å². The van der Waals surface area contributed by atoms with Crippen molar-refractivity contribution in [3.8, 4) is 0 Å². The zero-order valence-electron chi connectivity index (χ0n) is 8.46. The molecular formula is C9H18O5. The van der Waals surface area contributed by atoms with Gasteiger partial charge in [-0.15, -0.1) is 0 Å². The first-order valence-corrected chi connectivity index (χ1v) is 4.73. The van der Waals surface area contributed by atoms with Crippen LogP contribution in [0.15, 0.2) is 0 Å². The molecular weight excluding hydrogens is 188 g/mol. The van der Waals surface area contributed by atoms with Crippen LogP contribution in [-0.4, -0.2) is 60.1 Å². The Morgan fingerprint density at radius 2 is 1.86 bits per heavy atom. The van der Waals surface area contributed by atoms with Gasteiger partial charge in [-0.2, -0.15) is 0 Å². The van der Waals surface area contributed by atoms with Gasteiger partial charge in [-0.05, 0) is 0 Å². The molecule has 1 fully saturated rings. The normalized spacial score (nSPS) is 43.9. The predicted octanol–water partition coefficient (Wildman–Crippen LogP) is -1.25. The lowest BCUT2D eigenvalue weighted by Gasteiger charge is -2.40. The molecule has 84 valence electrons. The van der Waals surface area contributed by atoms with Crippen molar-refractivity contribution in [2.45, 2.75) is 31.3 Å². The third kappa shape index (κ3) is 2.24. The van der Waals surface area contributed by atoms with Crippen molar-refractivity contribution in [1.29, 1.82) is 0 Å². The van der Waals surface area contributed by atoms with Gasteiger partial charge >= 0.3 is 0 Å². The Hall–Kier alpha value is -0.200. The number of aliphatic hydroxyl groups is 3. The molecule has 14 heavy (non-hydrogen) atoms. The largest absolute Gasteiger partial charge is 0.394 e. The minimum Gasteiger partial charge on any atom is -0.394 e. The molecule has 0 bridgehead atoms. The maximum Gasteiger partial charge on any atom is 0.110 e. The first-order valence-electron chi connectivity index (χ1n) is 4.73. The quantitative estimate of drug-likeness (QED) is 0.538. The van der Waals surface area contributed by atoms with Crippen molar-refractivity contribution in [2.24, 2.45) is 5.92 Å². The molecule has 0 aromatic carbocycles. The van der Waals surface area contributed by atoms with E-state index in [0.717, 1.165) is 0 Å². The van der Waals surface area contributed by atoms with E-state index in [-0.39, 0.29) is 19.1 Å². The summed E-state index contributed by atoms with van der Waals surface area (Å²) in [4.78, 5) is 0. The molecule has 0 spiro atoms. The highest BCUT2D eigenvalue weighted by atomic mass is 16.6. The summed E-state index contributed by atoms with van der Waals surface area (Å²) in [5.41, 5.74) is 0. The lowest BCUT2D eigenvalue weighted by Crippen LogP contribution is -2.55. The van der Waals surface area contributed by atoms with Crippen LogP contribution < -0.4 is 0 Å². The minimum atomic E-state index is -0.951. The highest BCUT2D eigenvalue weighted by Gasteiger charge is 2.41. The van der Waals surface area contributed by atoms with Crippen molar-refractivity contribution < 1.29 is 24.8 Å². The number of aliphatic hydroxyl groups excluding tert-OH is 3. The fourth-order valence-corrected chi connectivity index (χ4v) is 1.69. The molecule has 5 unspecified atom stereocenters. The van der Waals surface area contributed by atoms with E-state index in [2.05, 4.69) is 0 Å². The topological polar surface area (TPSA) is 79.2 Å². The number of hydrogen-bond acceptors (Lipinski definition) is 5. The predicted molar refractivity (Wildman–Crippen MR) is 48.8 cm³/mol. The highest BCUT2D eigenvalue weighted by Crippen LogP contribution is 2.25. The summed E-state index contributed by atoms with van der Waals surface area (Å²) >= 11 is 0. The first kappa shape index (κ1) is 11.9. The number of methoxy groups -OCH3 is 1. The van der Waals surface area contributed by atoms with E-state index in [1.54, 1.807) is 6.92 Å². The fourth-order valence-electron chi connectivity index (χ4n) is 1.69. The third-order valence-electron chi connectivity index (χ3n) is 2.72. The van der Waals surface area contributed by atoms with E-state index in [1.807, 2.05) is 0 Å². The van der Waals surface area contributed by atoms with Gasteiger partial charge in [-0.25, -0.2) is 0 Å². The van der Waals surface area contributed by atoms with Crippen LogP contribution in [0, 0.1) is 5.92 Å². The molecule has 1 saturated heterocycles. The maximum absolute atomic E-state index is 9.65. The second-order valence-electron chi connectivity index (χ2n) is 3.69. The zero-order valence-corrected chi connectivity index (χ0v) is 8.46. The smallest absolute Gasteiger partial charge is 0.110 e. The molecule has 1 aliphatic rings. The van der Waals surface area contributed by atoms with Gasteiger partial charge < -0.3 is 24.8 Å². The van der Waals surface area contributed by atoms with E-state index in [9.17, 15) is 10.2 Å². The van der Waals surface area contributed by atoms with Gasteiger partial charge in [0.25, 0.3) is 0 Å². The van der Waals surface area contributed by atoms with Gasteiger partial charge in [-0.1, -0.05) is 6.92 Å². The van der Waals surface area contributed by atoms with Crippen LogP contribution in [0.5, 0.6) is 0 Å². The van der Waals surface area contributed by atoms with Crippen LogP contribution in [0.25, 0.3) is 0 Å². The average molecular weight is 206 g/mol. The Labute approximate surface area is 83.3 Å². The van der Waals surface area contributed by atoms with E-state index >= 15 is 0 Å². The lowest BCUT2D eigenvalue weighted by molar-refractivity contribution is -0.214.